The SMILES string of the molecule is CC(C)c1nc(C2CCNC2)cs1. The van der Waals surface area contributed by atoms with E-state index in [-0.39, 0.29) is 0 Å². The molecule has 0 saturated carbocycles. The third-order valence-corrected chi connectivity index (χ3v) is 3.68. The topological polar surface area (TPSA) is 24.9 Å². The van der Waals surface area contributed by atoms with E-state index in [1.54, 1.807) is 11.3 Å². The minimum absolute atomic E-state index is 0.577. The first-order chi connectivity index (χ1) is 6.27. The molecule has 2 rings (SSSR count). The molecule has 13 heavy (non-hydrogen) atoms. The van der Waals surface area contributed by atoms with E-state index in [1.165, 1.54) is 17.1 Å². The van der Waals surface area contributed by atoms with Crippen molar-refractivity contribution in [2.24, 2.45) is 0 Å². The zero-order valence-electron chi connectivity index (χ0n) is 8.21. The summed E-state index contributed by atoms with van der Waals surface area (Å²) in [6.07, 6.45) is 1.25. The fourth-order valence-electron chi connectivity index (χ4n) is 1.66. The molecule has 0 aliphatic carbocycles. The van der Waals surface area contributed by atoms with Crippen LogP contribution in [-0.4, -0.2) is 18.1 Å². The Balaban J connectivity index is 2.12. The monoisotopic (exact) mass is 196 g/mol. The van der Waals surface area contributed by atoms with Crippen LogP contribution in [0.1, 0.15) is 42.8 Å². The first-order valence-electron chi connectivity index (χ1n) is 4.93. The Morgan fingerprint density at radius 3 is 3.00 bits per heavy atom. The lowest BCUT2D eigenvalue weighted by Gasteiger charge is -2.03. The molecule has 72 valence electrons. The van der Waals surface area contributed by atoms with Crippen molar-refractivity contribution in [1.82, 2.24) is 10.3 Å². The maximum atomic E-state index is 4.67. The van der Waals surface area contributed by atoms with Crippen LogP contribution in [0.4, 0.5) is 0 Å². The average molecular weight is 196 g/mol. The molecule has 1 N–H and O–H groups in total. The summed E-state index contributed by atoms with van der Waals surface area (Å²) >= 11 is 1.81. The Kier molecular flexibility index (Phi) is 2.65. The summed E-state index contributed by atoms with van der Waals surface area (Å²) in [5.74, 6) is 1.25. The molecular weight excluding hydrogens is 180 g/mol. The standard InChI is InChI=1S/C10H16N2S/c1-7(2)10-12-9(6-13-10)8-3-4-11-5-8/h6-8,11H,3-5H2,1-2H3. The molecular formula is C10H16N2S. The summed E-state index contributed by atoms with van der Waals surface area (Å²) in [4.78, 5) is 4.67. The quantitative estimate of drug-likeness (QED) is 0.785. The molecule has 3 heteroatoms. The maximum Gasteiger partial charge on any atom is 0.0953 e. The van der Waals surface area contributed by atoms with Gasteiger partial charge in [-0.2, -0.15) is 0 Å². The van der Waals surface area contributed by atoms with Gasteiger partial charge in [0.25, 0.3) is 0 Å². The van der Waals surface area contributed by atoms with Crippen molar-refractivity contribution in [3.8, 4) is 0 Å². The molecule has 0 amide bonds. The van der Waals surface area contributed by atoms with Gasteiger partial charge in [0.05, 0.1) is 10.7 Å². The molecule has 2 nitrogen and oxygen atoms in total. The van der Waals surface area contributed by atoms with Crippen LogP contribution in [0.15, 0.2) is 5.38 Å². The van der Waals surface area contributed by atoms with Gasteiger partial charge in [-0.1, -0.05) is 13.8 Å². The maximum absolute atomic E-state index is 4.67. The number of aromatic nitrogens is 1. The smallest absolute Gasteiger partial charge is 0.0953 e. The van der Waals surface area contributed by atoms with Gasteiger partial charge in [0.15, 0.2) is 0 Å². The Bertz CT molecular complexity index is 274. The second-order valence-electron chi connectivity index (χ2n) is 3.96. The van der Waals surface area contributed by atoms with Gasteiger partial charge >= 0.3 is 0 Å². The van der Waals surface area contributed by atoms with E-state index in [0.717, 1.165) is 13.1 Å². The van der Waals surface area contributed by atoms with Gasteiger partial charge < -0.3 is 5.32 Å². The minimum Gasteiger partial charge on any atom is -0.316 e. The van der Waals surface area contributed by atoms with Gasteiger partial charge in [0, 0.05) is 23.8 Å². The molecule has 1 saturated heterocycles. The molecule has 1 aliphatic rings. The lowest BCUT2D eigenvalue weighted by Crippen LogP contribution is -2.08. The highest BCUT2D eigenvalue weighted by atomic mass is 32.1. The highest BCUT2D eigenvalue weighted by molar-refractivity contribution is 7.09. The Morgan fingerprint density at radius 1 is 1.62 bits per heavy atom. The van der Waals surface area contributed by atoms with Crippen LogP contribution >= 0.6 is 11.3 Å². The first-order valence-corrected chi connectivity index (χ1v) is 5.81. The van der Waals surface area contributed by atoms with Crippen LogP contribution in [0, 0.1) is 0 Å². The van der Waals surface area contributed by atoms with Gasteiger partial charge in [-0.25, -0.2) is 4.98 Å². The zero-order chi connectivity index (χ0) is 9.26. The zero-order valence-corrected chi connectivity index (χ0v) is 9.03. The Hall–Kier alpha value is -0.410. The van der Waals surface area contributed by atoms with Crippen molar-refractivity contribution < 1.29 is 0 Å². The lowest BCUT2D eigenvalue weighted by molar-refractivity contribution is 0.728. The molecule has 0 radical (unpaired) electrons. The summed E-state index contributed by atoms with van der Waals surface area (Å²) < 4.78 is 0. The third-order valence-electron chi connectivity index (χ3n) is 2.51. The van der Waals surface area contributed by atoms with Crippen molar-refractivity contribution >= 4 is 11.3 Å². The van der Waals surface area contributed by atoms with E-state index in [0.29, 0.717) is 11.8 Å². The molecule has 1 aliphatic heterocycles. The van der Waals surface area contributed by atoms with Crippen LogP contribution in [-0.2, 0) is 0 Å². The fourth-order valence-corrected chi connectivity index (χ4v) is 2.58. The van der Waals surface area contributed by atoms with Crippen molar-refractivity contribution in [2.75, 3.05) is 13.1 Å². The Morgan fingerprint density at radius 2 is 2.46 bits per heavy atom. The van der Waals surface area contributed by atoms with Crippen LogP contribution in [0.3, 0.4) is 0 Å². The number of hydrogen-bond donors (Lipinski definition) is 1. The van der Waals surface area contributed by atoms with Gasteiger partial charge in [0.1, 0.15) is 0 Å². The van der Waals surface area contributed by atoms with Gasteiger partial charge in [-0.15, -0.1) is 11.3 Å². The molecule has 2 heterocycles. The predicted octanol–water partition coefficient (Wildman–Crippen LogP) is 2.34. The van der Waals surface area contributed by atoms with Crippen LogP contribution < -0.4 is 5.32 Å². The van der Waals surface area contributed by atoms with Crippen molar-refractivity contribution in [3.63, 3.8) is 0 Å². The second-order valence-corrected chi connectivity index (χ2v) is 4.84. The molecule has 0 bridgehead atoms. The average Bonchev–Trinajstić information content (AvgIpc) is 2.75. The second kappa shape index (κ2) is 3.76. The van der Waals surface area contributed by atoms with E-state index in [1.807, 2.05) is 0 Å². The summed E-state index contributed by atoms with van der Waals surface area (Å²) in [7, 11) is 0. The normalized spacial score (nSPS) is 22.8. The molecule has 0 aromatic carbocycles. The number of nitrogens with zero attached hydrogens (tertiary/aromatic N) is 1. The summed E-state index contributed by atoms with van der Waals surface area (Å²) in [5, 5.41) is 6.88. The molecule has 1 unspecified atom stereocenters. The molecule has 1 atom stereocenters. The predicted molar refractivity (Wildman–Crippen MR) is 56.4 cm³/mol. The summed E-state index contributed by atoms with van der Waals surface area (Å²) in [6.45, 7) is 6.67. The molecule has 1 aromatic heterocycles. The molecule has 0 spiro atoms. The third kappa shape index (κ3) is 1.92. The number of hydrogen-bond acceptors (Lipinski definition) is 3. The minimum atomic E-state index is 0.577. The molecule has 1 fully saturated rings. The van der Waals surface area contributed by atoms with Crippen LogP contribution in [0.5, 0.6) is 0 Å². The van der Waals surface area contributed by atoms with Crippen molar-refractivity contribution in [3.05, 3.63) is 16.1 Å². The number of rotatable bonds is 2. The van der Waals surface area contributed by atoms with Gasteiger partial charge in [-0.3, -0.25) is 0 Å². The van der Waals surface area contributed by atoms with E-state index >= 15 is 0 Å². The summed E-state index contributed by atoms with van der Waals surface area (Å²) in [6, 6.07) is 0. The van der Waals surface area contributed by atoms with Crippen molar-refractivity contribution in [2.45, 2.75) is 32.1 Å². The number of nitrogens with one attached hydrogen (secondary N) is 1. The first kappa shape index (κ1) is 9.16. The van der Waals surface area contributed by atoms with E-state index < -0.39 is 0 Å². The largest absolute Gasteiger partial charge is 0.316 e. The van der Waals surface area contributed by atoms with E-state index in [4.69, 9.17) is 0 Å². The van der Waals surface area contributed by atoms with Crippen LogP contribution in [0.25, 0.3) is 0 Å². The lowest BCUT2D eigenvalue weighted by atomic mass is 10.1. The Labute approximate surface area is 83.4 Å². The van der Waals surface area contributed by atoms with Gasteiger partial charge in [0.2, 0.25) is 0 Å². The van der Waals surface area contributed by atoms with Crippen LogP contribution in [0.2, 0.25) is 0 Å². The highest BCUT2D eigenvalue weighted by Gasteiger charge is 2.19. The van der Waals surface area contributed by atoms with Gasteiger partial charge in [-0.05, 0) is 13.0 Å². The fraction of sp³-hybridized carbons (Fsp3) is 0.700. The highest BCUT2D eigenvalue weighted by Crippen LogP contribution is 2.26. The van der Waals surface area contributed by atoms with E-state index in [2.05, 4.69) is 29.5 Å². The van der Waals surface area contributed by atoms with E-state index in [9.17, 15) is 0 Å². The van der Waals surface area contributed by atoms with Crippen molar-refractivity contribution in [1.29, 1.82) is 0 Å². The molecule has 1 aromatic rings. The summed E-state index contributed by atoms with van der Waals surface area (Å²) in [5.41, 5.74) is 1.30. The number of thiazole rings is 1.